The molecule has 0 N–H and O–H groups in total. The summed E-state index contributed by atoms with van der Waals surface area (Å²) in [5.41, 5.74) is 2.14. The van der Waals surface area contributed by atoms with Crippen LogP contribution in [0.2, 0.25) is 0 Å². The van der Waals surface area contributed by atoms with E-state index in [1.807, 2.05) is 12.1 Å². The first-order chi connectivity index (χ1) is 10.3. The van der Waals surface area contributed by atoms with E-state index in [0.717, 1.165) is 24.7 Å². The number of benzene rings is 1. The van der Waals surface area contributed by atoms with Gasteiger partial charge in [0.2, 0.25) is 0 Å². The van der Waals surface area contributed by atoms with Gasteiger partial charge in [-0.3, -0.25) is 4.90 Å². The zero-order valence-corrected chi connectivity index (χ0v) is 12.9. The van der Waals surface area contributed by atoms with Crippen LogP contribution in [0.1, 0.15) is 18.4 Å². The number of nitrogens with zero attached hydrogens (tertiary/aromatic N) is 3. The molecule has 2 saturated heterocycles. The average Bonchev–Trinajstić information content (AvgIpc) is 2.56. The van der Waals surface area contributed by atoms with Crippen LogP contribution in [0, 0.1) is 12.3 Å². The molecule has 21 heavy (non-hydrogen) atoms. The summed E-state index contributed by atoms with van der Waals surface area (Å²) in [6.45, 7) is 7.16. The van der Waals surface area contributed by atoms with Crippen molar-refractivity contribution in [1.29, 1.82) is 0 Å². The first-order valence-corrected chi connectivity index (χ1v) is 7.96. The molecule has 0 aromatic heterocycles. The molecular formula is C18H24N3. The van der Waals surface area contributed by atoms with E-state index in [9.17, 15) is 0 Å². The van der Waals surface area contributed by atoms with Gasteiger partial charge in [-0.05, 0) is 50.6 Å². The van der Waals surface area contributed by atoms with Crippen LogP contribution in [0.25, 0.3) is 0 Å². The van der Waals surface area contributed by atoms with Gasteiger partial charge in [-0.25, -0.2) is 0 Å². The molecule has 111 valence electrons. The molecule has 0 bridgehead atoms. The SMILES string of the molecule is [C]#Cc1ccc(N2CCC(N3CCN(C)CC3)CC2)cc1. The van der Waals surface area contributed by atoms with Crippen molar-refractivity contribution in [2.24, 2.45) is 0 Å². The molecule has 0 spiro atoms. The van der Waals surface area contributed by atoms with Gasteiger partial charge in [-0.1, -0.05) is 5.92 Å². The van der Waals surface area contributed by atoms with Crippen LogP contribution in [0.4, 0.5) is 5.69 Å². The second-order valence-corrected chi connectivity index (χ2v) is 6.23. The van der Waals surface area contributed by atoms with Crippen molar-refractivity contribution in [3.63, 3.8) is 0 Å². The Kier molecular flexibility index (Phi) is 4.48. The first-order valence-electron chi connectivity index (χ1n) is 7.96. The van der Waals surface area contributed by atoms with Gasteiger partial charge in [0.25, 0.3) is 0 Å². The predicted molar refractivity (Wildman–Crippen MR) is 87.0 cm³/mol. The molecule has 1 aromatic carbocycles. The maximum atomic E-state index is 7.14. The van der Waals surface area contributed by atoms with Gasteiger partial charge < -0.3 is 9.80 Å². The van der Waals surface area contributed by atoms with Gasteiger partial charge in [0, 0.05) is 56.6 Å². The van der Waals surface area contributed by atoms with Gasteiger partial charge >= 0.3 is 0 Å². The van der Waals surface area contributed by atoms with E-state index in [1.165, 1.54) is 44.7 Å². The summed E-state index contributed by atoms with van der Waals surface area (Å²) in [6.07, 6.45) is 9.67. The lowest BCUT2D eigenvalue weighted by molar-refractivity contribution is 0.0982. The highest BCUT2D eigenvalue weighted by Crippen LogP contribution is 2.23. The molecule has 3 heteroatoms. The Balaban J connectivity index is 1.53. The molecule has 1 radical (unpaired) electrons. The van der Waals surface area contributed by atoms with Crippen molar-refractivity contribution in [1.82, 2.24) is 9.80 Å². The van der Waals surface area contributed by atoms with Crippen LogP contribution in [-0.4, -0.2) is 62.2 Å². The van der Waals surface area contributed by atoms with E-state index in [-0.39, 0.29) is 0 Å². The lowest BCUT2D eigenvalue weighted by atomic mass is 10.0. The zero-order valence-electron chi connectivity index (χ0n) is 12.9. The van der Waals surface area contributed by atoms with Crippen molar-refractivity contribution in [3.05, 3.63) is 36.3 Å². The molecule has 0 amide bonds. The molecule has 0 aliphatic carbocycles. The van der Waals surface area contributed by atoms with Gasteiger partial charge in [0.05, 0.1) is 0 Å². The Morgan fingerprint density at radius 3 is 2.14 bits per heavy atom. The van der Waals surface area contributed by atoms with Gasteiger partial charge in [0.15, 0.2) is 0 Å². The molecule has 2 aliphatic rings. The molecule has 3 nitrogen and oxygen atoms in total. The summed E-state index contributed by atoms with van der Waals surface area (Å²) in [7, 11) is 2.22. The minimum absolute atomic E-state index is 0.768. The number of piperidine rings is 1. The molecule has 2 aliphatic heterocycles. The standard InChI is InChI=1S/C18H24N3/c1-3-16-4-6-17(7-5-16)20-10-8-18(9-11-20)21-14-12-19(2)13-15-21/h4-7,18H,8-15H2,2H3. The normalized spacial score (nSPS) is 22.2. The third-order valence-electron chi connectivity index (χ3n) is 4.90. The summed E-state index contributed by atoms with van der Waals surface area (Å²) in [4.78, 5) is 7.58. The zero-order chi connectivity index (χ0) is 14.7. The molecule has 1 aromatic rings. The van der Waals surface area contributed by atoms with Crippen LogP contribution in [0.5, 0.6) is 0 Å². The minimum Gasteiger partial charge on any atom is -0.371 e. The van der Waals surface area contributed by atoms with Crippen LogP contribution < -0.4 is 4.90 Å². The van der Waals surface area contributed by atoms with E-state index in [4.69, 9.17) is 6.42 Å². The number of likely N-dealkylation sites (N-methyl/N-ethyl adjacent to an activating group) is 1. The van der Waals surface area contributed by atoms with Crippen LogP contribution in [0.15, 0.2) is 24.3 Å². The fraction of sp³-hybridized carbons (Fsp3) is 0.556. The highest BCUT2D eigenvalue weighted by atomic mass is 15.3. The fourth-order valence-electron chi connectivity index (χ4n) is 3.43. The van der Waals surface area contributed by atoms with Crippen molar-refractivity contribution >= 4 is 5.69 Å². The second kappa shape index (κ2) is 6.51. The summed E-state index contributed by atoms with van der Waals surface area (Å²) < 4.78 is 0. The summed E-state index contributed by atoms with van der Waals surface area (Å²) in [5, 5.41) is 0. The highest BCUT2D eigenvalue weighted by molar-refractivity contribution is 5.50. The lowest BCUT2D eigenvalue weighted by Gasteiger charge is -2.42. The minimum atomic E-state index is 0.768. The Bertz CT molecular complexity index is 486. The largest absolute Gasteiger partial charge is 0.371 e. The van der Waals surface area contributed by atoms with Gasteiger partial charge in [-0.2, -0.15) is 0 Å². The highest BCUT2D eigenvalue weighted by Gasteiger charge is 2.26. The van der Waals surface area contributed by atoms with E-state index in [2.05, 4.69) is 39.8 Å². The van der Waals surface area contributed by atoms with E-state index in [0.29, 0.717) is 0 Å². The van der Waals surface area contributed by atoms with Crippen LogP contribution in [0.3, 0.4) is 0 Å². The molecular weight excluding hydrogens is 258 g/mol. The van der Waals surface area contributed by atoms with Gasteiger partial charge in [0.1, 0.15) is 0 Å². The average molecular weight is 282 g/mol. The van der Waals surface area contributed by atoms with E-state index in [1.54, 1.807) is 0 Å². The van der Waals surface area contributed by atoms with Crippen molar-refractivity contribution in [3.8, 4) is 5.92 Å². The number of hydrogen-bond acceptors (Lipinski definition) is 3. The molecule has 0 saturated carbocycles. The lowest BCUT2D eigenvalue weighted by Crippen LogP contribution is -2.52. The Morgan fingerprint density at radius 2 is 1.57 bits per heavy atom. The monoisotopic (exact) mass is 282 g/mol. The number of hydrogen-bond donors (Lipinski definition) is 0. The van der Waals surface area contributed by atoms with E-state index < -0.39 is 0 Å². The maximum absolute atomic E-state index is 7.14. The molecule has 3 rings (SSSR count). The van der Waals surface area contributed by atoms with E-state index >= 15 is 0 Å². The Hall–Kier alpha value is -1.50. The third kappa shape index (κ3) is 3.40. The van der Waals surface area contributed by atoms with Crippen LogP contribution in [-0.2, 0) is 0 Å². The number of piperazine rings is 1. The second-order valence-electron chi connectivity index (χ2n) is 6.23. The number of anilines is 1. The summed E-state index contributed by atoms with van der Waals surface area (Å²) >= 11 is 0. The summed E-state index contributed by atoms with van der Waals surface area (Å²) in [6, 6.07) is 8.97. The van der Waals surface area contributed by atoms with Gasteiger partial charge in [-0.15, -0.1) is 0 Å². The Morgan fingerprint density at radius 1 is 0.952 bits per heavy atom. The molecule has 2 heterocycles. The topological polar surface area (TPSA) is 9.72 Å². The smallest absolute Gasteiger partial charge is 0.0367 e. The molecule has 0 unspecified atom stereocenters. The molecule has 2 fully saturated rings. The quantitative estimate of drug-likeness (QED) is 0.766. The van der Waals surface area contributed by atoms with Crippen LogP contribution >= 0.6 is 0 Å². The van der Waals surface area contributed by atoms with Crippen molar-refractivity contribution in [2.45, 2.75) is 18.9 Å². The Labute approximate surface area is 128 Å². The third-order valence-corrected chi connectivity index (χ3v) is 4.90. The first kappa shape index (κ1) is 14.4. The van der Waals surface area contributed by atoms with Crippen molar-refractivity contribution in [2.75, 3.05) is 51.2 Å². The molecule has 0 atom stereocenters. The maximum Gasteiger partial charge on any atom is 0.0367 e. The van der Waals surface area contributed by atoms with Crippen molar-refractivity contribution < 1.29 is 0 Å². The fourth-order valence-corrected chi connectivity index (χ4v) is 3.43. The summed E-state index contributed by atoms with van der Waals surface area (Å²) in [5.74, 6) is 2.43. The number of rotatable bonds is 2. The predicted octanol–water partition coefficient (Wildman–Crippen LogP) is 1.84.